The minimum Gasteiger partial charge on any atom is -0.393 e. The van der Waals surface area contributed by atoms with Crippen LogP contribution >= 0.6 is 0 Å². The lowest BCUT2D eigenvalue weighted by Crippen LogP contribution is -2.50. The van der Waals surface area contributed by atoms with Crippen LogP contribution in [0.5, 0.6) is 0 Å². The fourth-order valence-electron chi connectivity index (χ4n) is 3.80. The van der Waals surface area contributed by atoms with Crippen molar-refractivity contribution in [2.45, 2.75) is 56.6 Å². The molecule has 0 aromatic heterocycles. The molecule has 0 radical (unpaired) electrons. The molecule has 1 aromatic rings. The molecule has 0 unspecified atom stereocenters. The fourth-order valence-corrected chi connectivity index (χ4v) is 5.25. The first kappa shape index (κ1) is 20.8. The Bertz CT molecular complexity index is 862. The number of anilines is 1. The van der Waals surface area contributed by atoms with E-state index in [9.17, 15) is 23.1 Å². The van der Waals surface area contributed by atoms with Crippen molar-refractivity contribution in [2.24, 2.45) is 0 Å². The summed E-state index contributed by atoms with van der Waals surface area (Å²) < 4.78 is 28.3. The number of rotatable bonds is 5. The molecule has 0 spiro atoms. The van der Waals surface area contributed by atoms with Crippen LogP contribution in [0.15, 0.2) is 23.1 Å². The van der Waals surface area contributed by atoms with Crippen molar-refractivity contribution in [3.8, 4) is 0 Å². The Morgan fingerprint density at radius 1 is 1.25 bits per heavy atom. The first-order valence-corrected chi connectivity index (χ1v) is 11.1. The van der Waals surface area contributed by atoms with Gasteiger partial charge in [-0.25, -0.2) is 8.42 Å². The molecule has 1 atom stereocenters. The maximum atomic E-state index is 12.9. The SMILES string of the molecule is Cc1c(N2CCCC2=O)cccc1S(=O)(=O)N[C@@H](C)C(=O)N1CCC(O)CC1. The van der Waals surface area contributed by atoms with E-state index in [2.05, 4.69) is 4.72 Å². The summed E-state index contributed by atoms with van der Waals surface area (Å²) >= 11 is 0. The number of piperidine rings is 1. The van der Waals surface area contributed by atoms with Gasteiger partial charge in [0.1, 0.15) is 0 Å². The smallest absolute Gasteiger partial charge is 0.241 e. The van der Waals surface area contributed by atoms with Gasteiger partial charge in [0.2, 0.25) is 21.8 Å². The quantitative estimate of drug-likeness (QED) is 0.747. The van der Waals surface area contributed by atoms with Crippen LogP contribution in [-0.2, 0) is 19.6 Å². The molecule has 2 aliphatic heterocycles. The van der Waals surface area contributed by atoms with E-state index in [-0.39, 0.29) is 16.7 Å². The molecule has 1 aromatic carbocycles. The molecule has 2 amide bonds. The number of aliphatic hydroxyl groups excluding tert-OH is 1. The van der Waals surface area contributed by atoms with Gasteiger partial charge in [-0.05, 0) is 50.8 Å². The van der Waals surface area contributed by atoms with Crippen molar-refractivity contribution < 1.29 is 23.1 Å². The molecule has 0 aliphatic carbocycles. The van der Waals surface area contributed by atoms with Gasteiger partial charge in [0.05, 0.1) is 17.0 Å². The van der Waals surface area contributed by atoms with Gasteiger partial charge in [-0.1, -0.05) is 6.07 Å². The van der Waals surface area contributed by atoms with Crippen molar-refractivity contribution in [2.75, 3.05) is 24.5 Å². The number of benzene rings is 1. The highest BCUT2D eigenvalue weighted by molar-refractivity contribution is 7.89. The standard InChI is InChI=1S/C19H27N3O5S/c1-13-16(22-10-4-7-18(22)24)5-3-6-17(13)28(26,27)20-14(2)19(25)21-11-8-15(23)9-12-21/h3,5-6,14-15,20,23H,4,7-12H2,1-2H3/t14-/m0/s1. The molecule has 2 saturated heterocycles. The molecule has 3 rings (SSSR count). The maximum absolute atomic E-state index is 12.9. The van der Waals surface area contributed by atoms with Crippen LogP contribution in [0.1, 0.15) is 38.2 Å². The number of carbonyl (C=O) groups is 2. The highest BCUT2D eigenvalue weighted by Gasteiger charge is 2.30. The third-order valence-electron chi connectivity index (χ3n) is 5.39. The van der Waals surface area contributed by atoms with E-state index in [0.717, 1.165) is 6.42 Å². The molecule has 2 N–H and O–H groups in total. The van der Waals surface area contributed by atoms with Crippen molar-refractivity contribution >= 4 is 27.5 Å². The molecule has 2 aliphatic rings. The van der Waals surface area contributed by atoms with Crippen molar-refractivity contribution in [3.63, 3.8) is 0 Å². The molecule has 0 saturated carbocycles. The van der Waals surface area contributed by atoms with Gasteiger partial charge in [-0.15, -0.1) is 0 Å². The largest absolute Gasteiger partial charge is 0.393 e. The summed E-state index contributed by atoms with van der Waals surface area (Å²) in [6.07, 6.45) is 1.80. The Hall–Kier alpha value is -1.97. The minimum atomic E-state index is -3.94. The fraction of sp³-hybridized carbons (Fsp3) is 0.579. The minimum absolute atomic E-state index is 0.0126. The van der Waals surface area contributed by atoms with Crippen molar-refractivity contribution in [1.82, 2.24) is 9.62 Å². The summed E-state index contributed by atoms with van der Waals surface area (Å²) in [5.41, 5.74) is 1.08. The number of sulfonamides is 1. The monoisotopic (exact) mass is 409 g/mol. The number of nitrogens with one attached hydrogen (secondary N) is 1. The number of hydrogen-bond acceptors (Lipinski definition) is 5. The second-order valence-electron chi connectivity index (χ2n) is 7.45. The first-order chi connectivity index (χ1) is 13.2. The van der Waals surface area contributed by atoms with Crippen LogP contribution < -0.4 is 9.62 Å². The van der Waals surface area contributed by atoms with E-state index in [0.29, 0.717) is 50.1 Å². The second kappa shape index (κ2) is 8.18. The average molecular weight is 410 g/mol. The predicted molar refractivity (Wildman–Crippen MR) is 104 cm³/mol. The summed E-state index contributed by atoms with van der Waals surface area (Å²) in [5, 5.41) is 9.57. The molecule has 0 bridgehead atoms. The molecule has 8 nitrogen and oxygen atoms in total. The van der Waals surface area contributed by atoms with Gasteiger partial charge < -0.3 is 14.9 Å². The number of aliphatic hydroxyl groups is 1. The highest BCUT2D eigenvalue weighted by atomic mass is 32.2. The predicted octanol–water partition coefficient (Wildman–Crippen LogP) is 0.772. The van der Waals surface area contributed by atoms with Gasteiger partial charge >= 0.3 is 0 Å². The van der Waals surface area contributed by atoms with E-state index < -0.39 is 22.2 Å². The lowest BCUT2D eigenvalue weighted by molar-refractivity contribution is -0.134. The third kappa shape index (κ3) is 4.21. The number of amides is 2. The number of carbonyl (C=O) groups excluding carboxylic acids is 2. The average Bonchev–Trinajstić information content (AvgIpc) is 3.07. The van der Waals surface area contributed by atoms with Crippen molar-refractivity contribution in [3.05, 3.63) is 23.8 Å². The van der Waals surface area contributed by atoms with Gasteiger partial charge in [-0.3, -0.25) is 9.59 Å². The van der Waals surface area contributed by atoms with Crippen molar-refractivity contribution in [1.29, 1.82) is 0 Å². The Morgan fingerprint density at radius 2 is 1.93 bits per heavy atom. The molecule has 9 heteroatoms. The van der Waals surface area contributed by atoms with Crippen LogP contribution in [0.4, 0.5) is 5.69 Å². The summed E-state index contributed by atoms with van der Waals surface area (Å²) in [6.45, 7) is 4.60. The highest BCUT2D eigenvalue weighted by Crippen LogP contribution is 2.29. The third-order valence-corrected chi connectivity index (χ3v) is 7.07. The van der Waals surface area contributed by atoms with Gasteiger partial charge in [0.15, 0.2) is 0 Å². The van der Waals surface area contributed by atoms with Gasteiger partial charge in [-0.2, -0.15) is 4.72 Å². The molecule has 28 heavy (non-hydrogen) atoms. The van der Waals surface area contributed by atoms with Crippen LogP contribution in [0.25, 0.3) is 0 Å². The Morgan fingerprint density at radius 3 is 2.54 bits per heavy atom. The molecular formula is C19H27N3O5S. The normalized spacial score (nSPS) is 19.9. The van der Waals surface area contributed by atoms with Crippen LogP contribution in [0, 0.1) is 6.92 Å². The number of likely N-dealkylation sites (tertiary alicyclic amines) is 1. The molecular weight excluding hydrogens is 382 g/mol. The zero-order valence-corrected chi connectivity index (χ0v) is 17.0. The number of nitrogens with zero attached hydrogens (tertiary/aromatic N) is 2. The molecule has 154 valence electrons. The van der Waals surface area contributed by atoms with Crippen LogP contribution in [0.3, 0.4) is 0 Å². The van der Waals surface area contributed by atoms with E-state index in [1.807, 2.05) is 0 Å². The summed E-state index contributed by atoms with van der Waals surface area (Å²) in [4.78, 5) is 27.9. The van der Waals surface area contributed by atoms with Crippen LogP contribution in [-0.4, -0.2) is 62.0 Å². The van der Waals surface area contributed by atoms with E-state index in [4.69, 9.17) is 0 Å². The lowest BCUT2D eigenvalue weighted by Gasteiger charge is -2.31. The molecule has 2 fully saturated rings. The maximum Gasteiger partial charge on any atom is 0.241 e. The van der Waals surface area contributed by atoms with E-state index >= 15 is 0 Å². The Kier molecular flexibility index (Phi) is 6.07. The molecule has 2 heterocycles. The first-order valence-electron chi connectivity index (χ1n) is 9.60. The van der Waals surface area contributed by atoms with Gasteiger partial charge in [0, 0.05) is 31.7 Å². The Labute approximate surface area is 165 Å². The van der Waals surface area contributed by atoms with Crippen LogP contribution in [0.2, 0.25) is 0 Å². The summed E-state index contributed by atoms with van der Waals surface area (Å²) in [6, 6.07) is 3.92. The lowest BCUT2D eigenvalue weighted by atomic mass is 10.1. The zero-order valence-electron chi connectivity index (χ0n) is 16.2. The topological polar surface area (TPSA) is 107 Å². The summed E-state index contributed by atoms with van der Waals surface area (Å²) in [7, 11) is -3.94. The van der Waals surface area contributed by atoms with E-state index in [1.54, 1.807) is 28.9 Å². The second-order valence-corrected chi connectivity index (χ2v) is 9.13. The number of hydrogen-bond donors (Lipinski definition) is 2. The zero-order chi connectivity index (χ0) is 20.5. The van der Waals surface area contributed by atoms with Gasteiger partial charge in [0.25, 0.3) is 0 Å². The van der Waals surface area contributed by atoms with E-state index in [1.165, 1.54) is 13.0 Å². The summed E-state index contributed by atoms with van der Waals surface area (Å²) in [5.74, 6) is -0.319. The Balaban J connectivity index is 1.77.